The summed E-state index contributed by atoms with van der Waals surface area (Å²) in [7, 11) is 0. The van der Waals surface area contributed by atoms with Crippen molar-refractivity contribution in [3.05, 3.63) is 125 Å². The summed E-state index contributed by atoms with van der Waals surface area (Å²) in [5.74, 6) is -5.22. The molecule has 1 aromatic heterocycles. The van der Waals surface area contributed by atoms with E-state index >= 15 is 0 Å². The maximum Gasteiger partial charge on any atom is 0.305 e. The number of benzene rings is 4. The molecule has 1 fully saturated rings. The Morgan fingerprint density at radius 2 is 1.51 bits per heavy atom. The van der Waals surface area contributed by atoms with Gasteiger partial charge in [-0.25, -0.2) is 4.39 Å². The van der Waals surface area contributed by atoms with Gasteiger partial charge in [-0.3, -0.25) is 48.6 Å². The summed E-state index contributed by atoms with van der Waals surface area (Å²) >= 11 is 0. The molecule has 1 unspecified atom stereocenters. The van der Waals surface area contributed by atoms with E-state index in [0.717, 1.165) is 10.5 Å². The van der Waals surface area contributed by atoms with Crippen LogP contribution in [0.3, 0.4) is 0 Å². The molecule has 0 radical (unpaired) electrons. The van der Waals surface area contributed by atoms with E-state index in [-0.39, 0.29) is 100 Å². The predicted molar refractivity (Wildman–Crippen MR) is 277 cm³/mol. The molecular formula is C56H61FN6O14. The van der Waals surface area contributed by atoms with Crippen LogP contribution in [0.5, 0.6) is 11.5 Å². The van der Waals surface area contributed by atoms with E-state index in [2.05, 4.69) is 21.3 Å². The van der Waals surface area contributed by atoms with E-state index < -0.39 is 78.5 Å². The van der Waals surface area contributed by atoms with Gasteiger partial charge >= 0.3 is 5.97 Å². The number of ether oxygens (including phenoxy) is 3. The molecule has 21 heteroatoms. The first-order chi connectivity index (χ1) is 37.0. The largest absolute Gasteiger partial charge is 0.491 e. The van der Waals surface area contributed by atoms with Crippen LogP contribution in [-0.2, 0) is 35.3 Å². The third kappa shape index (κ3) is 14.6. The van der Waals surface area contributed by atoms with Crippen molar-refractivity contribution in [3.63, 3.8) is 0 Å². The van der Waals surface area contributed by atoms with Crippen molar-refractivity contribution >= 4 is 53.0 Å². The zero-order valence-corrected chi connectivity index (χ0v) is 42.6. The molecular weight excluding hydrogens is 1000 g/mol. The molecule has 0 saturated carbocycles. The SMILES string of the molecule is CC(C)c1c(C(=O)Nc2ccc(OCCOCCNC(=O)CCCNC(=O)COc3cccc4c3C(=O)N(C3CCC(=O)NC3=O)C4=O)cc2)c(-c2ccccc2)c(-c2ccc(F)cc2)n1CC[C@@H](O)C[C@@H](O)CC(=O)O. The Hall–Kier alpha value is -8.27. The molecule has 1 saturated heterocycles. The van der Waals surface area contributed by atoms with Crippen molar-refractivity contribution < 1.29 is 72.3 Å². The quantitative estimate of drug-likeness (QED) is 0.0263. The maximum absolute atomic E-state index is 14.6. The first-order valence-electron chi connectivity index (χ1n) is 25.3. The van der Waals surface area contributed by atoms with Gasteiger partial charge in [-0.05, 0) is 103 Å². The molecule has 406 valence electrons. The number of piperidine rings is 1. The zero-order chi connectivity index (χ0) is 55.2. The minimum Gasteiger partial charge on any atom is -0.491 e. The Balaban J connectivity index is 0.847. The first-order valence-corrected chi connectivity index (χ1v) is 25.3. The van der Waals surface area contributed by atoms with Crippen LogP contribution >= 0.6 is 0 Å². The molecule has 0 spiro atoms. The molecule has 0 bridgehead atoms. The van der Waals surface area contributed by atoms with E-state index in [4.69, 9.17) is 19.3 Å². The molecule has 3 atom stereocenters. The Kier molecular flexibility index (Phi) is 19.4. The monoisotopic (exact) mass is 1060 g/mol. The summed E-state index contributed by atoms with van der Waals surface area (Å²) < 4.78 is 33.3. The van der Waals surface area contributed by atoms with Crippen LogP contribution in [0, 0.1) is 5.82 Å². The summed E-state index contributed by atoms with van der Waals surface area (Å²) in [6, 6.07) is 25.2. The molecule has 77 heavy (non-hydrogen) atoms. The average Bonchev–Trinajstić information content (AvgIpc) is 3.89. The van der Waals surface area contributed by atoms with Crippen molar-refractivity contribution in [3.8, 4) is 33.9 Å². The summed E-state index contributed by atoms with van der Waals surface area (Å²) in [5, 5.41) is 40.9. The average molecular weight is 1060 g/mol. The zero-order valence-electron chi connectivity index (χ0n) is 42.6. The van der Waals surface area contributed by atoms with Crippen LogP contribution in [0.2, 0.25) is 0 Å². The lowest BCUT2D eigenvalue weighted by atomic mass is 9.94. The number of hydrogen-bond acceptors (Lipinski definition) is 13. The number of hydrogen-bond donors (Lipinski definition) is 7. The number of nitrogens with zero attached hydrogens (tertiary/aromatic N) is 2. The predicted octanol–water partition coefficient (Wildman–Crippen LogP) is 5.20. The van der Waals surface area contributed by atoms with Gasteiger partial charge < -0.3 is 50.0 Å². The second-order valence-corrected chi connectivity index (χ2v) is 18.8. The number of aliphatic hydroxyl groups excluding tert-OH is 2. The van der Waals surface area contributed by atoms with Gasteiger partial charge in [0.25, 0.3) is 23.6 Å². The van der Waals surface area contributed by atoms with Crippen LogP contribution in [0.1, 0.15) is 101 Å². The van der Waals surface area contributed by atoms with Crippen molar-refractivity contribution in [2.75, 3.05) is 44.8 Å². The summed E-state index contributed by atoms with van der Waals surface area (Å²) in [6.07, 6.45) is -2.44. The number of rotatable bonds is 27. The van der Waals surface area contributed by atoms with Crippen molar-refractivity contribution in [2.24, 2.45) is 0 Å². The second-order valence-electron chi connectivity index (χ2n) is 18.8. The van der Waals surface area contributed by atoms with E-state index in [1.807, 2.05) is 48.7 Å². The molecule has 3 heterocycles. The number of aromatic nitrogens is 1. The van der Waals surface area contributed by atoms with Crippen LogP contribution in [0.15, 0.2) is 97.1 Å². The Labute approximate surface area is 442 Å². The fraction of sp³-hybridized carbons (Fsp3) is 0.357. The summed E-state index contributed by atoms with van der Waals surface area (Å²) in [5.41, 5.74) is 4.04. The number of nitrogens with one attached hydrogen (secondary N) is 4. The molecule has 5 aromatic rings. The number of amides is 7. The molecule has 0 aliphatic carbocycles. The minimum atomic E-state index is -1.25. The Morgan fingerprint density at radius 1 is 0.779 bits per heavy atom. The number of carboxylic acids is 1. The number of fused-ring (bicyclic) bond motifs is 1. The number of aliphatic hydroxyl groups is 2. The highest BCUT2D eigenvalue weighted by Crippen LogP contribution is 2.43. The lowest BCUT2D eigenvalue weighted by Crippen LogP contribution is -2.54. The topological polar surface area (TPSA) is 281 Å². The van der Waals surface area contributed by atoms with Gasteiger partial charge in [0, 0.05) is 49.4 Å². The number of halogens is 1. The van der Waals surface area contributed by atoms with Crippen LogP contribution < -0.4 is 30.7 Å². The Bertz CT molecular complexity index is 2960. The van der Waals surface area contributed by atoms with Gasteiger partial charge in [0.05, 0.1) is 54.2 Å². The highest BCUT2D eigenvalue weighted by molar-refractivity contribution is 6.24. The molecule has 20 nitrogen and oxygen atoms in total. The molecule has 2 aliphatic rings. The van der Waals surface area contributed by atoms with Gasteiger partial charge in [0.15, 0.2) is 6.61 Å². The van der Waals surface area contributed by atoms with E-state index in [0.29, 0.717) is 45.9 Å². The van der Waals surface area contributed by atoms with Crippen molar-refractivity contribution in [1.82, 2.24) is 25.4 Å². The van der Waals surface area contributed by atoms with E-state index in [1.54, 1.807) is 36.4 Å². The molecule has 7 N–H and O–H groups in total. The number of imide groups is 2. The van der Waals surface area contributed by atoms with Gasteiger partial charge in [-0.1, -0.05) is 50.2 Å². The lowest BCUT2D eigenvalue weighted by Gasteiger charge is -2.27. The fourth-order valence-corrected chi connectivity index (χ4v) is 9.26. The maximum atomic E-state index is 14.6. The van der Waals surface area contributed by atoms with Gasteiger partial charge in [-0.2, -0.15) is 0 Å². The number of carbonyl (C=O) groups excluding carboxylic acids is 7. The highest BCUT2D eigenvalue weighted by atomic mass is 19.1. The number of anilines is 1. The normalized spacial score (nSPS) is 14.9. The first kappa shape index (κ1) is 56.5. The number of aliphatic carboxylic acids is 1. The highest BCUT2D eigenvalue weighted by Gasteiger charge is 2.46. The van der Waals surface area contributed by atoms with Crippen LogP contribution in [0.4, 0.5) is 10.1 Å². The van der Waals surface area contributed by atoms with Crippen molar-refractivity contribution in [1.29, 1.82) is 0 Å². The number of carboxylic acid groups (broad SMARTS) is 1. The third-order valence-corrected chi connectivity index (χ3v) is 12.8. The van der Waals surface area contributed by atoms with Crippen molar-refractivity contribution in [2.45, 2.75) is 89.5 Å². The van der Waals surface area contributed by atoms with Gasteiger partial charge in [-0.15, -0.1) is 0 Å². The molecule has 7 amide bonds. The molecule has 2 aliphatic heterocycles. The molecule has 4 aromatic carbocycles. The van der Waals surface area contributed by atoms with E-state index in [1.165, 1.54) is 30.3 Å². The van der Waals surface area contributed by atoms with E-state index in [9.17, 15) is 53.0 Å². The van der Waals surface area contributed by atoms with Gasteiger partial charge in [0.1, 0.15) is 30.0 Å². The summed E-state index contributed by atoms with van der Waals surface area (Å²) in [4.78, 5) is 102. The van der Waals surface area contributed by atoms with Crippen LogP contribution in [0.25, 0.3) is 22.4 Å². The van der Waals surface area contributed by atoms with Gasteiger partial charge in [0.2, 0.25) is 17.7 Å². The smallest absolute Gasteiger partial charge is 0.305 e. The fourth-order valence-electron chi connectivity index (χ4n) is 9.26. The molecule has 7 rings (SSSR count). The number of carbonyl (C=O) groups is 8. The summed E-state index contributed by atoms with van der Waals surface area (Å²) in [6.45, 7) is 4.61. The second kappa shape index (κ2) is 26.5. The van der Waals surface area contributed by atoms with Crippen LogP contribution in [-0.4, -0.2) is 130 Å². The Morgan fingerprint density at radius 3 is 2.21 bits per heavy atom. The standard InChI is InChI=1S/C56H61FN6O14/c1-33(2)51-50(48(34-8-4-3-5-9-34)52(35-13-15-36(57)16-14-35)62(51)26-23-38(64)30-39(65)31-47(69)70)54(72)60-37-17-19-40(20-18-37)76-29-28-75-27-25-59-44(66)12-7-24-58-46(68)32-77-43-11-6-10-41-49(43)56(74)63(55(41)73)42-21-22-45(67)61-53(42)71/h3-6,8-11,13-20,33,38-39,42,64-65H,7,12,21-32H2,1-2H3,(H,58,68)(H,59,66)(H,60,72)(H,69,70)(H,61,67,71)/t38-,39-,42?/m1/s1. The third-order valence-electron chi connectivity index (χ3n) is 12.8. The minimum absolute atomic E-state index is 0.00181. The lowest BCUT2D eigenvalue weighted by molar-refractivity contribution is -0.140.